The van der Waals surface area contributed by atoms with Crippen LogP contribution in [0.3, 0.4) is 0 Å². The van der Waals surface area contributed by atoms with Gasteiger partial charge >= 0.3 is 0 Å². The molecule has 1 aliphatic carbocycles. The number of aromatic nitrogens is 3. The first-order chi connectivity index (χ1) is 17.0. The van der Waals surface area contributed by atoms with Crippen LogP contribution in [0.5, 0.6) is 17.2 Å². The molecule has 0 unspecified atom stereocenters. The summed E-state index contributed by atoms with van der Waals surface area (Å²) in [6, 6.07) is 7.85. The minimum absolute atomic E-state index is 0.0330. The van der Waals surface area contributed by atoms with Crippen molar-refractivity contribution in [1.29, 1.82) is 0 Å². The summed E-state index contributed by atoms with van der Waals surface area (Å²) in [5, 5.41) is 24.6. The molecule has 5 aromatic rings. The molecule has 1 fully saturated rings. The molecule has 1 saturated carbocycles. The second-order valence-corrected chi connectivity index (χ2v) is 9.16. The molecule has 6 rings (SSSR count). The number of phenols is 2. The summed E-state index contributed by atoms with van der Waals surface area (Å²) in [5.41, 5.74) is 1.81. The SMILES string of the molecule is COc1cc(-c2c3oc4c(O)c(=O)ccc4c3[nH]c3c2c(=O)[nH]n3C2CCCCCC2)ccc1O. The number of rotatable bonds is 3. The van der Waals surface area contributed by atoms with E-state index in [4.69, 9.17) is 9.15 Å². The fraction of sp³-hybridized carbons (Fsp3) is 0.308. The smallest absolute Gasteiger partial charge is 0.274 e. The lowest BCUT2D eigenvalue weighted by Crippen LogP contribution is -2.13. The highest BCUT2D eigenvalue weighted by Gasteiger charge is 2.26. The molecule has 0 atom stereocenters. The standard InChI is InChI=1S/C26H25N3O6/c1-34-18-12-13(8-10-16(18)30)19-20-25(29(28-26(20)33)14-6-4-2-3-5-7-14)27-21-15-9-11-17(31)22(32)23(15)35-24(19)21/h8-12,14,27,30,32H,2-7H2,1H3,(H,28,33). The van der Waals surface area contributed by atoms with Crippen molar-refractivity contribution < 1.29 is 19.4 Å². The van der Waals surface area contributed by atoms with Gasteiger partial charge in [-0.25, -0.2) is 0 Å². The number of aromatic amines is 2. The Morgan fingerprint density at radius 2 is 1.80 bits per heavy atom. The average molecular weight is 476 g/mol. The van der Waals surface area contributed by atoms with Gasteiger partial charge in [-0.1, -0.05) is 31.7 Å². The van der Waals surface area contributed by atoms with Gasteiger partial charge in [-0.05, 0) is 42.7 Å². The number of phenolic OH excluding ortho intramolecular Hbond substituents is 2. The topological polar surface area (TPSA) is 133 Å². The largest absolute Gasteiger partial charge is 0.504 e. The Bertz CT molecular complexity index is 1710. The Kier molecular flexibility index (Phi) is 4.87. The number of nitrogens with one attached hydrogen (secondary N) is 2. The summed E-state index contributed by atoms with van der Waals surface area (Å²) >= 11 is 0. The zero-order valence-electron chi connectivity index (χ0n) is 19.2. The molecule has 0 amide bonds. The first kappa shape index (κ1) is 21.4. The van der Waals surface area contributed by atoms with Crippen LogP contribution in [0.1, 0.15) is 44.6 Å². The van der Waals surface area contributed by atoms with Crippen molar-refractivity contribution in [3.05, 3.63) is 50.9 Å². The normalized spacial score (nSPS) is 15.2. The van der Waals surface area contributed by atoms with Gasteiger partial charge in [-0.3, -0.25) is 19.4 Å². The molecular weight excluding hydrogens is 450 g/mol. The van der Waals surface area contributed by atoms with Crippen LogP contribution in [0.2, 0.25) is 0 Å². The van der Waals surface area contributed by atoms with E-state index in [1.165, 1.54) is 32.1 Å². The van der Waals surface area contributed by atoms with E-state index < -0.39 is 11.2 Å². The molecule has 180 valence electrons. The molecule has 35 heavy (non-hydrogen) atoms. The highest BCUT2D eigenvalue weighted by Crippen LogP contribution is 2.42. The maximum Gasteiger partial charge on any atom is 0.274 e. The number of nitrogens with zero attached hydrogens (tertiary/aromatic N) is 1. The van der Waals surface area contributed by atoms with Crippen molar-refractivity contribution in [2.24, 2.45) is 0 Å². The maximum absolute atomic E-state index is 13.4. The number of hydrogen-bond donors (Lipinski definition) is 4. The van der Waals surface area contributed by atoms with E-state index in [2.05, 4.69) is 10.1 Å². The number of H-pyrrole nitrogens is 2. The van der Waals surface area contributed by atoms with Gasteiger partial charge in [0.05, 0.1) is 24.1 Å². The molecule has 0 saturated heterocycles. The third kappa shape index (κ3) is 3.22. The van der Waals surface area contributed by atoms with Crippen molar-refractivity contribution in [3.8, 4) is 28.4 Å². The molecular formula is C26H25N3O6. The molecule has 9 heteroatoms. The number of methoxy groups -OCH3 is 1. The van der Waals surface area contributed by atoms with Crippen LogP contribution in [-0.4, -0.2) is 32.1 Å². The molecule has 0 radical (unpaired) electrons. The maximum atomic E-state index is 13.4. The Morgan fingerprint density at radius 3 is 2.54 bits per heavy atom. The van der Waals surface area contributed by atoms with Crippen LogP contribution in [0.15, 0.2) is 44.3 Å². The van der Waals surface area contributed by atoms with Crippen LogP contribution in [0.25, 0.3) is 44.2 Å². The van der Waals surface area contributed by atoms with E-state index in [0.717, 1.165) is 25.7 Å². The lowest BCUT2D eigenvalue weighted by molar-refractivity contribution is 0.373. The first-order valence-electron chi connectivity index (χ1n) is 11.8. The zero-order chi connectivity index (χ0) is 24.3. The van der Waals surface area contributed by atoms with Crippen molar-refractivity contribution in [1.82, 2.24) is 14.8 Å². The summed E-state index contributed by atoms with van der Waals surface area (Å²) in [5.74, 6) is -0.266. The van der Waals surface area contributed by atoms with Gasteiger partial charge in [0.25, 0.3) is 5.56 Å². The highest BCUT2D eigenvalue weighted by molar-refractivity contribution is 6.15. The minimum Gasteiger partial charge on any atom is -0.504 e. The third-order valence-electron chi connectivity index (χ3n) is 7.10. The van der Waals surface area contributed by atoms with Crippen molar-refractivity contribution >= 4 is 33.1 Å². The molecule has 0 spiro atoms. The number of benzene rings is 2. The van der Waals surface area contributed by atoms with Crippen LogP contribution < -0.4 is 15.7 Å². The van der Waals surface area contributed by atoms with Crippen LogP contribution in [0, 0.1) is 0 Å². The Labute approximate surface area is 198 Å². The van der Waals surface area contributed by atoms with Gasteiger partial charge in [0.1, 0.15) is 5.65 Å². The number of furan rings is 1. The molecule has 3 aromatic heterocycles. The summed E-state index contributed by atoms with van der Waals surface area (Å²) in [6.45, 7) is 0. The van der Waals surface area contributed by atoms with Gasteiger partial charge in [-0.15, -0.1) is 0 Å². The number of fused-ring (bicyclic) bond motifs is 4. The second-order valence-electron chi connectivity index (χ2n) is 9.16. The van der Waals surface area contributed by atoms with Crippen molar-refractivity contribution in [3.63, 3.8) is 0 Å². The van der Waals surface area contributed by atoms with E-state index in [0.29, 0.717) is 38.6 Å². The Morgan fingerprint density at radius 1 is 1.03 bits per heavy atom. The molecule has 1 aliphatic rings. The predicted octanol–water partition coefficient (Wildman–Crippen LogP) is 4.90. The number of pyridine rings is 1. The molecule has 3 heterocycles. The van der Waals surface area contributed by atoms with E-state index >= 15 is 0 Å². The minimum atomic E-state index is -0.547. The summed E-state index contributed by atoms with van der Waals surface area (Å²) in [6.07, 6.45) is 6.45. The van der Waals surface area contributed by atoms with Gasteiger partial charge in [0.2, 0.25) is 11.2 Å². The van der Waals surface area contributed by atoms with Crippen LogP contribution in [0.4, 0.5) is 0 Å². The third-order valence-corrected chi connectivity index (χ3v) is 7.10. The molecule has 9 nitrogen and oxygen atoms in total. The fourth-order valence-corrected chi connectivity index (χ4v) is 5.36. The Hall–Kier alpha value is -4.14. The zero-order valence-corrected chi connectivity index (χ0v) is 19.2. The second kappa shape index (κ2) is 7.97. The highest BCUT2D eigenvalue weighted by atomic mass is 16.5. The first-order valence-corrected chi connectivity index (χ1v) is 11.8. The molecule has 2 aromatic carbocycles. The summed E-state index contributed by atoms with van der Waals surface area (Å²) in [4.78, 5) is 28.9. The summed E-state index contributed by atoms with van der Waals surface area (Å²) < 4.78 is 13.3. The lowest BCUT2D eigenvalue weighted by atomic mass is 10.0. The molecule has 0 aliphatic heterocycles. The van der Waals surface area contributed by atoms with E-state index in [9.17, 15) is 19.8 Å². The Balaban J connectivity index is 1.76. The van der Waals surface area contributed by atoms with Gasteiger partial charge in [0, 0.05) is 10.9 Å². The number of aromatic hydroxyl groups is 2. The molecule has 4 N–H and O–H groups in total. The van der Waals surface area contributed by atoms with Crippen LogP contribution >= 0.6 is 0 Å². The average Bonchev–Trinajstić information content (AvgIpc) is 3.25. The monoisotopic (exact) mass is 475 g/mol. The van der Waals surface area contributed by atoms with Crippen molar-refractivity contribution in [2.75, 3.05) is 7.11 Å². The fourth-order valence-electron chi connectivity index (χ4n) is 5.36. The quantitative estimate of drug-likeness (QED) is 0.274. The number of hydrogen-bond acceptors (Lipinski definition) is 6. The van der Waals surface area contributed by atoms with Crippen LogP contribution in [-0.2, 0) is 0 Å². The summed E-state index contributed by atoms with van der Waals surface area (Å²) in [7, 11) is 1.45. The predicted molar refractivity (Wildman–Crippen MR) is 133 cm³/mol. The van der Waals surface area contributed by atoms with Gasteiger partial charge in [-0.2, -0.15) is 0 Å². The van der Waals surface area contributed by atoms with Crippen molar-refractivity contribution in [2.45, 2.75) is 44.6 Å². The number of ether oxygens (including phenoxy) is 1. The van der Waals surface area contributed by atoms with E-state index in [-0.39, 0.29) is 28.7 Å². The van der Waals surface area contributed by atoms with Gasteiger partial charge in [0.15, 0.2) is 22.7 Å². The lowest BCUT2D eigenvalue weighted by Gasteiger charge is -2.17. The van der Waals surface area contributed by atoms with Gasteiger partial charge < -0.3 is 24.4 Å². The van der Waals surface area contributed by atoms with E-state index in [1.807, 2.05) is 4.68 Å². The molecule has 0 bridgehead atoms. The van der Waals surface area contributed by atoms with E-state index in [1.54, 1.807) is 18.2 Å².